The maximum Gasteiger partial charge on any atom is 0.343 e. The molecule has 0 aliphatic rings. The molecular formula is C22H14BrClO3. The summed E-state index contributed by atoms with van der Waals surface area (Å²) in [6, 6.07) is 20.6. The SMILES string of the molecule is O=C(/C=C/c1ccccc1OC(=O)c1ccc(Br)cc1)c1ccc(Cl)cc1. The number of benzene rings is 3. The quantitative estimate of drug-likeness (QED) is 0.204. The number of ether oxygens (including phenoxy) is 1. The predicted octanol–water partition coefficient (Wildman–Crippen LogP) is 6.22. The number of carbonyl (C=O) groups excluding carboxylic acids is 2. The first-order valence-corrected chi connectivity index (χ1v) is 9.25. The first-order chi connectivity index (χ1) is 13.0. The third kappa shape index (κ3) is 5.16. The van der Waals surface area contributed by atoms with Crippen LogP contribution >= 0.6 is 27.5 Å². The third-order valence-electron chi connectivity index (χ3n) is 3.74. The van der Waals surface area contributed by atoms with E-state index >= 15 is 0 Å². The number of rotatable bonds is 5. The summed E-state index contributed by atoms with van der Waals surface area (Å²) >= 11 is 9.17. The van der Waals surface area contributed by atoms with Gasteiger partial charge in [-0.25, -0.2) is 4.79 Å². The van der Waals surface area contributed by atoms with Gasteiger partial charge in [-0.3, -0.25) is 4.79 Å². The fourth-order valence-corrected chi connectivity index (χ4v) is 2.72. The summed E-state index contributed by atoms with van der Waals surface area (Å²) in [4.78, 5) is 24.6. The van der Waals surface area contributed by atoms with E-state index in [0.717, 1.165) is 4.47 Å². The molecule has 0 N–H and O–H groups in total. The van der Waals surface area contributed by atoms with Gasteiger partial charge in [0.1, 0.15) is 5.75 Å². The van der Waals surface area contributed by atoms with E-state index in [1.165, 1.54) is 6.08 Å². The molecule has 27 heavy (non-hydrogen) atoms. The van der Waals surface area contributed by atoms with Crippen LogP contribution in [0.1, 0.15) is 26.3 Å². The van der Waals surface area contributed by atoms with Gasteiger partial charge >= 0.3 is 5.97 Å². The highest BCUT2D eigenvalue weighted by Gasteiger charge is 2.11. The molecule has 0 saturated heterocycles. The van der Waals surface area contributed by atoms with Gasteiger partial charge in [-0.1, -0.05) is 45.7 Å². The zero-order valence-electron chi connectivity index (χ0n) is 14.1. The van der Waals surface area contributed by atoms with Gasteiger partial charge in [0.2, 0.25) is 0 Å². The highest BCUT2D eigenvalue weighted by Crippen LogP contribution is 2.22. The van der Waals surface area contributed by atoms with E-state index in [1.807, 2.05) is 6.07 Å². The molecule has 5 heteroatoms. The lowest BCUT2D eigenvalue weighted by Crippen LogP contribution is -2.09. The molecule has 3 rings (SSSR count). The van der Waals surface area contributed by atoms with Crippen LogP contribution in [0.2, 0.25) is 5.02 Å². The van der Waals surface area contributed by atoms with Gasteiger partial charge in [0.15, 0.2) is 5.78 Å². The van der Waals surface area contributed by atoms with Crippen LogP contribution in [-0.4, -0.2) is 11.8 Å². The Bertz CT molecular complexity index is 993. The van der Waals surface area contributed by atoms with Gasteiger partial charge < -0.3 is 4.74 Å². The number of para-hydroxylation sites is 1. The molecule has 0 heterocycles. The molecule has 0 saturated carbocycles. The van der Waals surface area contributed by atoms with Crippen molar-refractivity contribution in [2.45, 2.75) is 0 Å². The van der Waals surface area contributed by atoms with E-state index in [1.54, 1.807) is 72.8 Å². The molecule has 0 unspecified atom stereocenters. The molecule has 134 valence electrons. The van der Waals surface area contributed by atoms with Crippen LogP contribution in [0, 0.1) is 0 Å². The lowest BCUT2D eigenvalue weighted by atomic mass is 10.1. The molecule has 0 bridgehead atoms. The Hall–Kier alpha value is -2.69. The average Bonchev–Trinajstić information content (AvgIpc) is 2.68. The van der Waals surface area contributed by atoms with Gasteiger partial charge in [-0.05, 0) is 66.7 Å². The Morgan fingerprint density at radius 1 is 0.852 bits per heavy atom. The first kappa shape index (κ1) is 19.1. The smallest absolute Gasteiger partial charge is 0.343 e. The lowest BCUT2D eigenvalue weighted by molar-refractivity contribution is 0.0734. The van der Waals surface area contributed by atoms with Gasteiger partial charge in [-0.15, -0.1) is 0 Å². The minimum absolute atomic E-state index is 0.166. The van der Waals surface area contributed by atoms with Gasteiger partial charge in [0.25, 0.3) is 0 Å². The Kier molecular flexibility index (Phi) is 6.22. The maximum atomic E-state index is 12.3. The Balaban J connectivity index is 1.77. The molecule has 0 aromatic heterocycles. The highest BCUT2D eigenvalue weighted by atomic mass is 79.9. The molecule has 0 aliphatic carbocycles. The number of hydrogen-bond acceptors (Lipinski definition) is 3. The van der Waals surface area contributed by atoms with Crippen LogP contribution < -0.4 is 4.74 Å². The van der Waals surface area contributed by atoms with E-state index in [0.29, 0.717) is 27.5 Å². The van der Waals surface area contributed by atoms with E-state index in [-0.39, 0.29) is 5.78 Å². The molecule has 0 atom stereocenters. The van der Waals surface area contributed by atoms with Crippen molar-refractivity contribution in [1.82, 2.24) is 0 Å². The van der Waals surface area contributed by atoms with Crippen molar-refractivity contribution in [2.75, 3.05) is 0 Å². The number of carbonyl (C=O) groups is 2. The summed E-state index contributed by atoms with van der Waals surface area (Å²) in [5.41, 5.74) is 1.60. The summed E-state index contributed by atoms with van der Waals surface area (Å²) in [6.07, 6.45) is 3.07. The number of esters is 1. The molecule has 0 radical (unpaired) electrons. The first-order valence-electron chi connectivity index (χ1n) is 8.08. The third-order valence-corrected chi connectivity index (χ3v) is 4.53. The molecule has 0 aliphatic heterocycles. The van der Waals surface area contributed by atoms with E-state index in [2.05, 4.69) is 15.9 Å². The molecule has 3 aromatic rings. The average molecular weight is 442 g/mol. The van der Waals surface area contributed by atoms with Crippen molar-refractivity contribution in [1.29, 1.82) is 0 Å². The number of halogens is 2. The normalized spacial score (nSPS) is 10.7. The minimum Gasteiger partial charge on any atom is -0.422 e. The van der Waals surface area contributed by atoms with Crippen LogP contribution in [0.5, 0.6) is 5.75 Å². The van der Waals surface area contributed by atoms with Crippen LogP contribution in [0.3, 0.4) is 0 Å². The van der Waals surface area contributed by atoms with E-state index in [4.69, 9.17) is 16.3 Å². The fraction of sp³-hybridized carbons (Fsp3) is 0. The van der Waals surface area contributed by atoms with E-state index in [9.17, 15) is 9.59 Å². The standard InChI is InChI=1S/C22H14BrClO3/c23-18-10-5-17(6-11-18)22(26)27-21-4-2-1-3-16(21)9-14-20(25)15-7-12-19(24)13-8-15/h1-14H/b14-9+. The number of ketones is 1. The summed E-state index contributed by atoms with van der Waals surface area (Å²) in [5, 5.41) is 0.570. The monoisotopic (exact) mass is 440 g/mol. The van der Waals surface area contributed by atoms with Crippen molar-refractivity contribution in [3.05, 3.63) is 105 Å². The van der Waals surface area contributed by atoms with Crippen molar-refractivity contribution >= 4 is 45.4 Å². The van der Waals surface area contributed by atoms with Crippen LogP contribution in [0.4, 0.5) is 0 Å². The summed E-state index contributed by atoms with van der Waals surface area (Å²) in [7, 11) is 0. The second-order valence-corrected chi connectivity index (χ2v) is 6.99. The maximum absolute atomic E-state index is 12.3. The zero-order valence-corrected chi connectivity index (χ0v) is 16.4. The van der Waals surface area contributed by atoms with Crippen LogP contribution in [-0.2, 0) is 0 Å². The zero-order chi connectivity index (χ0) is 19.2. The number of allylic oxidation sites excluding steroid dienone is 1. The Labute approximate surface area is 170 Å². The topological polar surface area (TPSA) is 43.4 Å². The molecule has 3 nitrogen and oxygen atoms in total. The van der Waals surface area contributed by atoms with Gasteiger partial charge in [-0.2, -0.15) is 0 Å². The second kappa shape index (κ2) is 8.80. The van der Waals surface area contributed by atoms with Crippen molar-refractivity contribution in [3.8, 4) is 5.75 Å². The predicted molar refractivity (Wildman–Crippen MR) is 110 cm³/mol. The molecule has 0 spiro atoms. The second-order valence-electron chi connectivity index (χ2n) is 5.64. The fourth-order valence-electron chi connectivity index (χ4n) is 2.33. The number of hydrogen-bond donors (Lipinski definition) is 0. The van der Waals surface area contributed by atoms with Gasteiger partial charge in [0, 0.05) is 20.6 Å². The lowest BCUT2D eigenvalue weighted by Gasteiger charge is -2.07. The summed E-state index contributed by atoms with van der Waals surface area (Å²) in [6.45, 7) is 0. The van der Waals surface area contributed by atoms with Gasteiger partial charge in [0.05, 0.1) is 5.56 Å². The largest absolute Gasteiger partial charge is 0.422 e. The molecule has 3 aromatic carbocycles. The van der Waals surface area contributed by atoms with Crippen molar-refractivity contribution in [2.24, 2.45) is 0 Å². The summed E-state index contributed by atoms with van der Waals surface area (Å²) in [5.74, 6) is -0.251. The minimum atomic E-state index is -0.465. The Morgan fingerprint density at radius 2 is 1.48 bits per heavy atom. The molecule has 0 fully saturated rings. The van der Waals surface area contributed by atoms with Crippen molar-refractivity contribution < 1.29 is 14.3 Å². The Morgan fingerprint density at radius 3 is 2.19 bits per heavy atom. The van der Waals surface area contributed by atoms with Crippen LogP contribution in [0.15, 0.2) is 83.3 Å². The summed E-state index contributed by atoms with van der Waals surface area (Å²) < 4.78 is 6.37. The van der Waals surface area contributed by atoms with Crippen molar-refractivity contribution in [3.63, 3.8) is 0 Å². The molecule has 0 amide bonds. The van der Waals surface area contributed by atoms with Crippen LogP contribution in [0.25, 0.3) is 6.08 Å². The van der Waals surface area contributed by atoms with E-state index < -0.39 is 5.97 Å². The molecular weight excluding hydrogens is 428 g/mol. The highest BCUT2D eigenvalue weighted by molar-refractivity contribution is 9.10.